The fourth-order valence-corrected chi connectivity index (χ4v) is 3.35. The van der Waals surface area contributed by atoms with Gasteiger partial charge in [-0.2, -0.15) is 0 Å². The third-order valence-electron chi connectivity index (χ3n) is 4.82. The summed E-state index contributed by atoms with van der Waals surface area (Å²) < 4.78 is 4.80. The van der Waals surface area contributed by atoms with Gasteiger partial charge in [0, 0.05) is 17.5 Å². The van der Waals surface area contributed by atoms with Gasteiger partial charge in [-0.15, -0.1) is 0 Å². The Morgan fingerprint density at radius 2 is 1.96 bits per heavy atom. The molecular weight excluding hydrogens is 304 g/mol. The predicted molar refractivity (Wildman–Crippen MR) is 94.2 cm³/mol. The summed E-state index contributed by atoms with van der Waals surface area (Å²) >= 11 is 0. The molecular formula is C18H24N4O2. The maximum absolute atomic E-state index is 11.8. The molecule has 0 atom stereocenters. The molecule has 1 saturated carbocycles. The molecule has 0 spiro atoms. The van der Waals surface area contributed by atoms with Crippen LogP contribution in [0.3, 0.4) is 0 Å². The molecule has 1 aromatic heterocycles. The minimum Gasteiger partial charge on any atom is -0.465 e. The van der Waals surface area contributed by atoms with E-state index in [2.05, 4.69) is 34.3 Å². The highest BCUT2D eigenvalue weighted by molar-refractivity contribution is 5.97. The standard InChI is InChI=1S/C18H24N4O2/c1-22(2)14-7-5-13(6-8-14)21-17-15-10-12(18(23)24-3)4-9-16(15)19-11-20-17/h4,9-11,13-14H,5-8H2,1-3H3,(H,19,20,21). The zero-order valence-corrected chi connectivity index (χ0v) is 14.5. The Kier molecular flexibility index (Phi) is 4.94. The molecule has 24 heavy (non-hydrogen) atoms. The fraction of sp³-hybridized carbons (Fsp3) is 0.500. The number of rotatable bonds is 4. The number of carbonyl (C=O) groups is 1. The van der Waals surface area contributed by atoms with Crippen LogP contribution in [0.15, 0.2) is 24.5 Å². The Balaban J connectivity index is 1.80. The lowest BCUT2D eigenvalue weighted by Crippen LogP contribution is -2.36. The van der Waals surface area contributed by atoms with Crippen molar-refractivity contribution in [1.82, 2.24) is 14.9 Å². The van der Waals surface area contributed by atoms with Gasteiger partial charge in [0.1, 0.15) is 12.1 Å². The first-order valence-corrected chi connectivity index (χ1v) is 8.34. The number of aromatic nitrogens is 2. The van der Waals surface area contributed by atoms with Crippen molar-refractivity contribution in [3.8, 4) is 0 Å². The molecule has 128 valence electrons. The molecule has 2 aromatic rings. The van der Waals surface area contributed by atoms with E-state index >= 15 is 0 Å². The molecule has 1 N–H and O–H groups in total. The Hall–Kier alpha value is -2.21. The normalized spacial score (nSPS) is 21.0. The van der Waals surface area contributed by atoms with Gasteiger partial charge in [0.2, 0.25) is 0 Å². The highest BCUT2D eigenvalue weighted by Crippen LogP contribution is 2.27. The van der Waals surface area contributed by atoms with Crippen molar-refractivity contribution in [2.75, 3.05) is 26.5 Å². The van der Waals surface area contributed by atoms with E-state index in [-0.39, 0.29) is 5.97 Å². The first-order valence-electron chi connectivity index (χ1n) is 8.34. The van der Waals surface area contributed by atoms with Gasteiger partial charge in [-0.25, -0.2) is 14.8 Å². The molecule has 0 amide bonds. The van der Waals surface area contributed by atoms with Crippen LogP contribution in [0, 0.1) is 0 Å². The number of ether oxygens (including phenoxy) is 1. The minimum atomic E-state index is -0.349. The lowest BCUT2D eigenvalue weighted by Gasteiger charge is -2.33. The molecule has 0 saturated heterocycles. The van der Waals surface area contributed by atoms with E-state index in [4.69, 9.17) is 4.74 Å². The van der Waals surface area contributed by atoms with Gasteiger partial charge in [-0.3, -0.25) is 0 Å². The summed E-state index contributed by atoms with van der Waals surface area (Å²) in [6.07, 6.45) is 6.16. The van der Waals surface area contributed by atoms with Crippen LogP contribution in [0.2, 0.25) is 0 Å². The average Bonchev–Trinajstić information content (AvgIpc) is 2.61. The van der Waals surface area contributed by atoms with E-state index in [1.54, 1.807) is 18.5 Å². The fourth-order valence-electron chi connectivity index (χ4n) is 3.35. The summed E-state index contributed by atoms with van der Waals surface area (Å²) in [4.78, 5) is 22.8. The van der Waals surface area contributed by atoms with Crippen molar-refractivity contribution < 1.29 is 9.53 Å². The Morgan fingerprint density at radius 3 is 2.62 bits per heavy atom. The number of nitrogens with zero attached hydrogens (tertiary/aromatic N) is 3. The van der Waals surface area contributed by atoms with Gasteiger partial charge >= 0.3 is 5.97 Å². The van der Waals surface area contributed by atoms with Crippen LogP contribution in [0.4, 0.5) is 5.82 Å². The van der Waals surface area contributed by atoms with Gasteiger partial charge in [0.25, 0.3) is 0 Å². The summed E-state index contributed by atoms with van der Waals surface area (Å²) in [6, 6.07) is 6.43. The van der Waals surface area contributed by atoms with Crippen LogP contribution in [-0.2, 0) is 4.74 Å². The van der Waals surface area contributed by atoms with Crippen molar-refractivity contribution in [2.45, 2.75) is 37.8 Å². The highest BCUT2D eigenvalue weighted by Gasteiger charge is 2.23. The van der Waals surface area contributed by atoms with Crippen molar-refractivity contribution in [1.29, 1.82) is 0 Å². The van der Waals surface area contributed by atoms with Crippen LogP contribution in [0.5, 0.6) is 0 Å². The van der Waals surface area contributed by atoms with Gasteiger partial charge in [0.15, 0.2) is 0 Å². The second-order valence-electron chi connectivity index (χ2n) is 6.56. The number of methoxy groups -OCH3 is 1. The number of carbonyl (C=O) groups excluding carboxylic acids is 1. The van der Waals surface area contributed by atoms with E-state index in [0.29, 0.717) is 17.6 Å². The Bertz CT molecular complexity index is 724. The maximum atomic E-state index is 11.8. The van der Waals surface area contributed by atoms with Crippen LogP contribution in [-0.4, -0.2) is 54.1 Å². The van der Waals surface area contributed by atoms with Crippen molar-refractivity contribution in [2.24, 2.45) is 0 Å². The first-order chi connectivity index (χ1) is 11.6. The first kappa shape index (κ1) is 16.6. The van der Waals surface area contributed by atoms with E-state index in [1.165, 1.54) is 20.0 Å². The van der Waals surface area contributed by atoms with Gasteiger partial charge in [-0.1, -0.05) is 0 Å². The smallest absolute Gasteiger partial charge is 0.337 e. The molecule has 0 unspecified atom stereocenters. The predicted octanol–water partition coefficient (Wildman–Crippen LogP) is 2.70. The topological polar surface area (TPSA) is 67.3 Å². The van der Waals surface area contributed by atoms with E-state index in [0.717, 1.165) is 29.6 Å². The monoisotopic (exact) mass is 328 g/mol. The highest BCUT2D eigenvalue weighted by atomic mass is 16.5. The second-order valence-corrected chi connectivity index (χ2v) is 6.56. The lowest BCUT2D eigenvalue weighted by atomic mass is 9.90. The van der Waals surface area contributed by atoms with Gasteiger partial charge in [-0.05, 0) is 58.0 Å². The summed E-state index contributed by atoms with van der Waals surface area (Å²) in [5.41, 5.74) is 1.33. The zero-order valence-electron chi connectivity index (χ0n) is 14.5. The summed E-state index contributed by atoms with van der Waals surface area (Å²) in [5.74, 6) is 0.442. The number of anilines is 1. The number of benzene rings is 1. The summed E-state index contributed by atoms with van der Waals surface area (Å²) in [5, 5.41) is 4.40. The maximum Gasteiger partial charge on any atom is 0.337 e. The van der Waals surface area contributed by atoms with E-state index in [9.17, 15) is 4.79 Å². The van der Waals surface area contributed by atoms with Crippen molar-refractivity contribution in [3.05, 3.63) is 30.1 Å². The molecule has 0 bridgehead atoms. The SMILES string of the molecule is COC(=O)c1ccc2ncnc(NC3CCC(N(C)C)CC3)c2c1. The third kappa shape index (κ3) is 3.48. The number of esters is 1. The molecule has 6 heteroatoms. The third-order valence-corrected chi connectivity index (χ3v) is 4.82. The molecule has 0 aliphatic heterocycles. The number of fused-ring (bicyclic) bond motifs is 1. The van der Waals surface area contributed by atoms with Crippen LogP contribution in [0.25, 0.3) is 10.9 Å². The van der Waals surface area contributed by atoms with Crippen molar-refractivity contribution in [3.63, 3.8) is 0 Å². The molecule has 1 fully saturated rings. The molecule has 1 aliphatic rings. The molecule has 6 nitrogen and oxygen atoms in total. The second kappa shape index (κ2) is 7.13. The molecule has 0 radical (unpaired) electrons. The number of nitrogens with one attached hydrogen (secondary N) is 1. The quantitative estimate of drug-likeness (QED) is 0.871. The van der Waals surface area contributed by atoms with Crippen LogP contribution < -0.4 is 5.32 Å². The molecule has 1 heterocycles. The number of hydrogen-bond acceptors (Lipinski definition) is 6. The largest absolute Gasteiger partial charge is 0.465 e. The zero-order chi connectivity index (χ0) is 17.1. The van der Waals surface area contributed by atoms with Gasteiger partial charge in [0.05, 0.1) is 18.2 Å². The van der Waals surface area contributed by atoms with E-state index in [1.807, 2.05) is 6.07 Å². The lowest BCUT2D eigenvalue weighted by molar-refractivity contribution is 0.0601. The molecule has 1 aromatic carbocycles. The van der Waals surface area contributed by atoms with E-state index < -0.39 is 0 Å². The summed E-state index contributed by atoms with van der Waals surface area (Å²) in [6.45, 7) is 0. The minimum absolute atomic E-state index is 0.349. The Morgan fingerprint density at radius 1 is 1.21 bits per heavy atom. The van der Waals surface area contributed by atoms with Crippen LogP contribution in [0.1, 0.15) is 36.0 Å². The van der Waals surface area contributed by atoms with Crippen molar-refractivity contribution >= 4 is 22.7 Å². The van der Waals surface area contributed by atoms with Gasteiger partial charge < -0.3 is 15.0 Å². The summed E-state index contributed by atoms with van der Waals surface area (Å²) in [7, 11) is 5.67. The molecule has 1 aliphatic carbocycles. The van der Waals surface area contributed by atoms with Crippen LogP contribution >= 0.6 is 0 Å². The Labute approximate surface area is 142 Å². The average molecular weight is 328 g/mol. The number of hydrogen-bond donors (Lipinski definition) is 1. The molecule has 3 rings (SSSR count).